The van der Waals surface area contributed by atoms with E-state index in [0.717, 1.165) is 37.0 Å². The SMILES string of the molecule is COc1ccc(C2OC2C(=O)OC2CCCCC2)cc1. The molecule has 3 rings (SSSR count). The van der Waals surface area contributed by atoms with Gasteiger partial charge in [0.25, 0.3) is 0 Å². The fourth-order valence-electron chi connectivity index (χ4n) is 2.75. The number of carbonyl (C=O) groups is 1. The molecular weight excluding hydrogens is 256 g/mol. The first-order valence-electron chi connectivity index (χ1n) is 7.28. The monoisotopic (exact) mass is 276 g/mol. The summed E-state index contributed by atoms with van der Waals surface area (Å²) in [4.78, 5) is 12.0. The number of benzene rings is 1. The average Bonchev–Trinajstić information content (AvgIpc) is 3.29. The predicted molar refractivity (Wildman–Crippen MR) is 73.6 cm³/mol. The maximum Gasteiger partial charge on any atom is 0.338 e. The van der Waals surface area contributed by atoms with Gasteiger partial charge in [-0.1, -0.05) is 18.6 Å². The maximum absolute atomic E-state index is 12.0. The molecule has 1 heterocycles. The molecule has 1 saturated heterocycles. The molecule has 2 fully saturated rings. The van der Waals surface area contributed by atoms with Crippen LogP contribution in [0.5, 0.6) is 5.75 Å². The third-order valence-electron chi connectivity index (χ3n) is 4.00. The molecule has 1 aliphatic carbocycles. The number of rotatable bonds is 4. The van der Waals surface area contributed by atoms with Crippen LogP contribution in [0.1, 0.15) is 43.8 Å². The van der Waals surface area contributed by atoms with Crippen molar-refractivity contribution < 1.29 is 19.0 Å². The lowest BCUT2D eigenvalue weighted by Gasteiger charge is -2.21. The zero-order chi connectivity index (χ0) is 13.9. The van der Waals surface area contributed by atoms with E-state index in [4.69, 9.17) is 14.2 Å². The summed E-state index contributed by atoms with van der Waals surface area (Å²) >= 11 is 0. The summed E-state index contributed by atoms with van der Waals surface area (Å²) in [6.07, 6.45) is 5.07. The van der Waals surface area contributed by atoms with Crippen LogP contribution in [0.15, 0.2) is 24.3 Å². The smallest absolute Gasteiger partial charge is 0.338 e. The Morgan fingerprint density at radius 3 is 2.50 bits per heavy atom. The van der Waals surface area contributed by atoms with Gasteiger partial charge in [-0.3, -0.25) is 0 Å². The standard InChI is InChI=1S/C16H20O4/c1-18-12-9-7-11(8-10-12)14-15(20-14)16(17)19-13-5-3-2-4-6-13/h7-10,13-15H,2-6H2,1H3. The van der Waals surface area contributed by atoms with Crippen LogP contribution in [-0.2, 0) is 14.3 Å². The Labute approximate surface area is 119 Å². The summed E-state index contributed by atoms with van der Waals surface area (Å²) in [5.41, 5.74) is 0.997. The van der Waals surface area contributed by atoms with Gasteiger partial charge in [-0.15, -0.1) is 0 Å². The van der Waals surface area contributed by atoms with Crippen LogP contribution < -0.4 is 4.74 Å². The molecule has 2 aliphatic rings. The molecule has 4 heteroatoms. The summed E-state index contributed by atoms with van der Waals surface area (Å²) in [7, 11) is 1.63. The van der Waals surface area contributed by atoms with Gasteiger partial charge >= 0.3 is 5.97 Å². The molecule has 0 radical (unpaired) electrons. The van der Waals surface area contributed by atoms with E-state index in [1.807, 2.05) is 24.3 Å². The van der Waals surface area contributed by atoms with E-state index in [1.165, 1.54) is 6.42 Å². The Morgan fingerprint density at radius 2 is 1.85 bits per heavy atom. The summed E-state index contributed by atoms with van der Waals surface area (Å²) in [6, 6.07) is 7.61. The van der Waals surface area contributed by atoms with Crippen molar-refractivity contribution in [1.29, 1.82) is 0 Å². The van der Waals surface area contributed by atoms with Crippen LogP contribution in [0, 0.1) is 0 Å². The highest BCUT2D eigenvalue weighted by Crippen LogP contribution is 2.40. The van der Waals surface area contributed by atoms with Gasteiger partial charge in [0.15, 0.2) is 6.10 Å². The second kappa shape index (κ2) is 5.83. The normalized spacial score (nSPS) is 26.1. The molecule has 0 spiro atoms. The van der Waals surface area contributed by atoms with Gasteiger partial charge in [-0.2, -0.15) is 0 Å². The molecule has 0 aromatic heterocycles. The molecule has 2 unspecified atom stereocenters. The van der Waals surface area contributed by atoms with Crippen molar-refractivity contribution in [3.05, 3.63) is 29.8 Å². The third-order valence-corrected chi connectivity index (χ3v) is 4.00. The van der Waals surface area contributed by atoms with Crippen molar-refractivity contribution in [2.24, 2.45) is 0 Å². The molecule has 1 aromatic rings. The fraction of sp³-hybridized carbons (Fsp3) is 0.562. The maximum atomic E-state index is 12.0. The van der Waals surface area contributed by atoms with Crippen LogP contribution in [-0.4, -0.2) is 25.3 Å². The van der Waals surface area contributed by atoms with E-state index in [-0.39, 0.29) is 18.2 Å². The summed E-state index contributed by atoms with van der Waals surface area (Å²) in [5, 5.41) is 0. The molecule has 1 saturated carbocycles. The van der Waals surface area contributed by atoms with Crippen LogP contribution >= 0.6 is 0 Å². The van der Waals surface area contributed by atoms with Crippen molar-refractivity contribution in [1.82, 2.24) is 0 Å². The van der Waals surface area contributed by atoms with Crippen LogP contribution in [0.2, 0.25) is 0 Å². The van der Waals surface area contributed by atoms with Crippen molar-refractivity contribution in [2.75, 3.05) is 7.11 Å². The van der Waals surface area contributed by atoms with Crippen molar-refractivity contribution in [2.45, 2.75) is 50.4 Å². The first-order chi connectivity index (χ1) is 9.78. The highest BCUT2D eigenvalue weighted by molar-refractivity contribution is 5.78. The summed E-state index contributed by atoms with van der Waals surface area (Å²) in [5.74, 6) is 0.591. The first kappa shape index (κ1) is 13.4. The topological polar surface area (TPSA) is 48.1 Å². The van der Waals surface area contributed by atoms with E-state index in [0.29, 0.717) is 0 Å². The van der Waals surface area contributed by atoms with E-state index < -0.39 is 6.10 Å². The fourth-order valence-corrected chi connectivity index (χ4v) is 2.75. The molecule has 108 valence electrons. The second-order valence-electron chi connectivity index (χ2n) is 5.45. The number of ether oxygens (including phenoxy) is 3. The zero-order valence-corrected chi connectivity index (χ0v) is 11.7. The molecule has 1 aromatic carbocycles. The number of epoxide rings is 1. The molecule has 2 atom stereocenters. The minimum Gasteiger partial charge on any atom is -0.497 e. The van der Waals surface area contributed by atoms with Gasteiger partial charge in [0.2, 0.25) is 0 Å². The summed E-state index contributed by atoms with van der Waals surface area (Å²) < 4.78 is 16.1. The average molecular weight is 276 g/mol. The van der Waals surface area contributed by atoms with Crippen molar-refractivity contribution in [3.63, 3.8) is 0 Å². The highest BCUT2D eigenvalue weighted by atomic mass is 16.6. The van der Waals surface area contributed by atoms with Crippen molar-refractivity contribution in [3.8, 4) is 5.75 Å². The largest absolute Gasteiger partial charge is 0.497 e. The number of esters is 1. The van der Waals surface area contributed by atoms with Crippen LogP contribution in [0.4, 0.5) is 0 Å². The molecule has 20 heavy (non-hydrogen) atoms. The summed E-state index contributed by atoms with van der Waals surface area (Å²) in [6.45, 7) is 0. The highest BCUT2D eigenvalue weighted by Gasteiger charge is 2.48. The lowest BCUT2D eigenvalue weighted by atomic mass is 9.98. The third kappa shape index (κ3) is 2.96. The van der Waals surface area contributed by atoms with Gasteiger partial charge < -0.3 is 14.2 Å². The second-order valence-corrected chi connectivity index (χ2v) is 5.45. The minimum absolute atomic E-state index is 0.0944. The van der Waals surface area contributed by atoms with Crippen LogP contribution in [0.25, 0.3) is 0 Å². The van der Waals surface area contributed by atoms with E-state index in [9.17, 15) is 4.79 Å². The van der Waals surface area contributed by atoms with E-state index >= 15 is 0 Å². The van der Waals surface area contributed by atoms with Gasteiger partial charge in [-0.25, -0.2) is 4.79 Å². The molecule has 0 bridgehead atoms. The molecule has 0 amide bonds. The lowest BCUT2D eigenvalue weighted by Crippen LogP contribution is -2.23. The number of hydrogen-bond acceptors (Lipinski definition) is 4. The van der Waals surface area contributed by atoms with Gasteiger partial charge in [0.1, 0.15) is 18.0 Å². The molecule has 0 N–H and O–H groups in total. The molecule has 1 aliphatic heterocycles. The Bertz CT molecular complexity index is 462. The Morgan fingerprint density at radius 1 is 1.15 bits per heavy atom. The Hall–Kier alpha value is -1.55. The van der Waals surface area contributed by atoms with Gasteiger partial charge in [0.05, 0.1) is 7.11 Å². The Kier molecular flexibility index (Phi) is 3.92. The Balaban J connectivity index is 1.53. The van der Waals surface area contributed by atoms with Gasteiger partial charge in [-0.05, 0) is 43.4 Å². The quantitative estimate of drug-likeness (QED) is 0.626. The van der Waals surface area contributed by atoms with Crippen molar-refractivity contribution >= 4 is 5.97 Å². The zero-order valence-electron chi connectivity index (χ0n) is 11.7. The predicted octanol–water partition coefficient (Wildman–Crippen LogP) is 3.01. The minimum atomic E-state index is -0.426. The lowest BCUT2D eigenvalue weighted by molar-refractivity contribution is -0.152. The van der Waals surface area contributed by atoms with Gasteiger partial charge in [0, 0.05) is 0 Å². The number of methoxy groups -OCH3 is 1. The first-order valence-corrected chi connectivity index (χ1v) is 7.28. The van der Waals surface area contributed by atoms with E-state index in [2.05, 4.69) is 0 Å². The number of carbonyl (C=O) groups excluding carboxylic acids is 1. The van der Waals surface area contributed by atoms with Crippen LogP contribution in [0.3, 0.4) is 0 Å². The molecular formula is C16H20O4. The molecule has 4 nitrogen and oxygen atoms in total. The van der Waals surface area contributed by atoms with E-state index in [1.54, 1.807) is 7.11 Å². The number of hydrogen-bond donors (Lipinski definition) is 0.